The monoisotopic (exact) mass is 519 g/mol. The molecule has 3 heterocycles. The summed E-state index contributed by atoms with van der Waals surface area (Å²) in [7, 11) is 1.34. The lowest BCUT2D eigenvalue weighted by Crippen LogP contribution is -2.61. The van der Waals surface area contributed by atoms with Gasteiger partial charge in [0.15, 0.2) is 11.5 Å². The van der Waals surface area contributed by atoms with Crippen molar-refractivity contribution in [2.75, 3.05) is 25.1 Å². The Balaban J connectivity index is 1.96. The molecule has 36 heavy (non-hydrogen) atoms. The molecule has 0 radical (unpaired) electrons. The van der Waals surface area contributed by atoms with Crippen molar-refractivity contribution in [2.45, 2.75) is 52.2 Å². The van der Waals surface area contributed by atoms with Crippen LogP contribution in [0.15, 0.2) is 24.3 Å². The van der Waals surface area contributed by atoms with Gasteiger partial charge in [-0.1, -0.05) is 17.7 Å². The molecule has 8 nitrogen and oxygen atoms in total. The van der Waals surface area contributed by atoms with Crippen LogP contribution in [0.5, 0.6) is 5.75 Å². The van der Waals surface area contributed by atoms with Crippen molar-refractivity contribution in [3.63, 3.8) is 0 Å². The van der Waals surface area contributed by atoms with Gasteiger partial charge >= 0.3 is 5.69 Å². The highest BCUT2D eigenvalue weighted by atomic mass is 35.5. The summed E-state index contributed by atoms with van der Waals surface area (Å²) in [6.07, 6.45) is 0. The van der Waals surface area contributed by atoms with Crippen LogP contribution in [0.3, 0.4) is 0 Å². The highest BCUT2D eigenvalue weighted by Crippen LogP contribution is 2.44. The van der Waals surface area contributed by atoms with Gasteiger partial charge in [0.05, 0.1) is 23.0 Å². The van der Waals surface area contributed by atoms with E-state index in [-0.39, 0.29) is 56.5 Å². The average molecular weight is 520 g/mol. The van der Waals surface area contributed by atoms with E-state index in [0.717, 1.165) is 6.07 Å². The van der Waals surface area contributed by atoms with Gasteiger partial charge in [-0.05, 0) is 52.8 Å². The Morgan fingerprint density at radius 1 is 1.14 bits per heavy atom. The number of ether oxygens (including phenoxy) is 1. The summed E-state index contributed by atoms with van der Waals surface area (Å²) in [4.78, 5) is 24.1. The lowest BCUT2D eigenvalue weighted by Gasteiger charge is -2.50. The first kappa shape index (κ1) is 26.0. The molecule has 1 aliphatic rings. The predicted molar refractivity (Wildman–Crippen MR) is 136 cm³/mol. The fourth-order valence-corrected chi connectivity index (χ4v) is 5.25. The van der Waals surface area contributed by atoms with Crippen molar-refractivity contribution in [3.8, 4) is 17.0 Å². The first-order valence-electron chi connectivity index (χ1n) is 11.6. The minimum absolute atomic E-state index is 0.0274. The molecule has 0 bridgehead atoms. The van der Waals surface area contributed by atoms with Crippen LogP contribution < -0.4 is 9.64 Å². The molecule has 3 aromatic rings. The number of aromatic nitrogens is 2. The lowest BCUT2D eigenvalue weighted by atomic mass is 9.97. The number of halogens is 3. The first-order chi connectivity index (χ1) is 16.8. The average Bonchev–Trinajstić information content (AvgIpc) is 2.78. The molecular weight excluding hydrogens is 492 g/mol. The topological polar surface area (TPSA) is 84.6 Å². The molecule has 11 heteroatoms. The van der Waals surface area contributed by atoms with Gasteiger partial charge in [0.2, 0.25) is 5.15 Å². The highest BCUT2D eigenvalue weighted by Gasteiger charge is 2.39. The van der Waals surface area contributed by atoms with Gasteiger partial charge in [0, 0.05) is 30.7 Å². The summed E-state index contributed by atoms with van der Waals surface area (Å²) < 4.78 is 35.5. The second-order valence-electron chi connectivity index (χ2n) is 10.0. The van der Waals surface area contributed by atoms with Gasteiger partial charge < -0.3 is 9.64 Å². The molecule has 2 aromatic heterocycles. The molecule has 192 valence electrons. The van der Waals surface area contributed by atoms with Crippen molar-refractivity contribution in [1.29, 1.82) is 0 Å². The number of hydrogen-bond acceptors (Lipinski definition) is 7. The summed E-state index contributed by atoms with van der Waals surface area (Å²) in [6.45, 7) is 11.4. The van der Waals surface area contributed by atoms with E-state index in [1.165, 1.54) is 25.3 Å². The fourth-order valence-electron chi connectivity index (χ4n) is 5.01. The van der Waals surface area contributed by atoms with Gasteiger partial charge in [-0.25, -0.2) is 18.7 Å². The van der Waals surface area contributed by atoms with Gasteiger partial charge in [0.25, 0.3) is 0 Å². The Bertz CT molecular complexity index is 1350. The normalized spacial score (nSPS) is 19.1. The molecule has 1 aliphatic heterocycles. The van der Waals surface area contributed by atoms with E-state index in [1.54, 1.807) is 0 Å². The molecule has 0 amide bonds. The summed E-state index contributed by atoms with van der Waals surface area (Å²) in [5.74, 6) is -1.50. The highest BCUT2D eigenvalue weighted by molar-refractivity contribution is 6.33. The number of rotatable bonds is 4. The third-order valence-corrected chi connectivity index (χ3v) is 6.85. The summed E-state index contributed by atoms with van der Waals surface area (Å²) in [5.41, 5.74) is -0.880. The molecule has 1 fully saturated rings. The van der Waals surface area contributed by atoms with E-state index in [0.29, 0.717) is 13.1 Å². The number of piperazine rings is 1. The van der Waals surface area contributed by atoms with Crippen LogP contribution in [0, 0.1) is 21.7 Å². The van der Waals surface area contributed by atoms with Crippen LogP contribution in [0.25, 0.3) is 22.3 Å². The molecular formula is C25H28ClF2N5O3. The SMILES string of the molecule is COc1cccc(F)c1-c1nc2nc(Cl)c([N+](=O)[O-])c(N3C[C@@H](C)N(C(C)(C)C)C[C@H]3C)c2cc1F. The second kappa shape index (κ2) is 9.40. The van der Waals surface area contributed by atoms with E-state index in [2.05, 4.69) is 35.6 Å². The Labute approximate surface area is 213 Å². The van der Waals surface area contributed by atoms with E-state index >= 15 is 4.39 Å². The number of nitro groups is 1. The smallest absolute Gasteiger partial charge is 0.330 e. The molecule has 0 spiro atoms. The van der Waals surface area contributed by atoms with E-state index in [4.69, 9.17) is 16.3 Å². The maximum absolute atomic E-state index is 15.5. The van der Waals surface area contributed by atoms with Crippen molar-refractivity contribution in [3.05, 3.63) is 51.2 Å². The number of nitrogens with zero attached hydrogens (tertiary/aromatic N) is 5. The summed E-state index contributed by atoms with van der Waals surface area (Å²) in [5, 5.41) is 11.9. The lowest BCUT2D eigenvalue weighted by molar-refractivity contribution is -0.384. The number of pyridine rings is 2. The van der Waals surface area contributed by atoms with Gasteiger partial charge in [-0.3, -0.25) is 15.0 Å². The van der Waals surface area contributed by atoms with Gasteiger partial charge in [-0.15, -0.1) is 0 Å². The molecule has 0 unspecified atom stereocenters. The van der Waals surface area contributed by atoms with Crippen LogP contribution in [0.4, 0.5) is 20.2 Å². The molecule has 0 aliphatic carbocycles. The minimum atomic E-state index is -0.861. The van der Waals surface area contributed by atoms with Crippen molar-refractivity contribution in [1.82, 2.24) is 14.9 Å². The van der Waals surface area contributed by atoms with Crippen LogP contribution in [-0.4, -0.2) is 57.6 Å². The maximum Gasteiger partial charge on any atom is 0.330 e. The Morgan fingerprint density at radius 2 is 1.83 bits per heavy atom. The fraction of sp³-hybridized carbons (Fsp3) is 0.440. The largest absolute Gasteiger partial charge is 0.496 e. The van der Waals surface area contributed by atoms with Gasteiger partial charge in [-0.2, -0.15) is 0 Å². The Kier molecular flexibility index (Phi) is 6.78. The number of hydrogen-bond donors (Lipinski definition) is 0. The van der Waals surface area contributed by atoms with E-state index in [9.17, 15) is 14.5 Å². The zero-order chi connectivity index (χ0) is 26.5. The number of benzene rings is 1. The van der Waals surface area contributed by atoms with Crippen molar-refractivity contribution >= 4 is 34.0 Å². The number of anilines is 1. The zero-order valence-corrected chi connectivity index (χ0v) is 21.7. The quantitative estimate of drug-likeness (QED) is 0.243. The number of methoxy groups -OCH3 is 1. The second-order valence-corrected chi connectivity index (χ2v) is 10.4. The van der Waals surface area contributed by atoms with Crippen LogP contribution in [-0.2, 0) is 0 Å². The van der Waals surface area contributed by atoms with Crippen molar-refractivity contribution in [2.24, 2.45) is 0 Å². The van der Waals surface area contributed by atoms with Crippen LogP contribution in [0.1, 0.15) is 34.6 Å². The third-order valence-electron chi connectivity index (χ3n) is 6.58. The minimum Gasteiger partial charge on any atom is -0.496 e. The number of fused-ring (bicyclic) bond motifs is 1. The molecule has 0 saturated carbocycles. The standard InChI is InChI=1S/C25H28ClF2N5O3/c1-13-12-32(25(3,4)5)14(2)11-31(13)21-15-10-17(28)20(19-16(27)8-7-9-18(19)36-6)29-24(15)30-23(26)22(21)33(34)35/h7-10,13-14H,11-12H2,1-6H3/t13-,14-/m1/s1. The zero-order valence-electron chi connectivity index (χ0n) is 21.0. The molecule has 4 rings (SSSR count). The molecule has 2 atom stereocenters. The molecule has 1 aromatic carbocycles. The first-order valence-corrected chi connectivity index (χ1v) is 11.9. The predicted octanol–water partition coefficient (Wildman–Crippen LogP) is 5.84. The molecule has 1 saturated heterocycles. The van der Waals surface area contributed by atoms with Gasteiger partial charge in [0.1, 0.15) is 22.9 Å². The summed E-state index contributed by atoms with van der Waals surface area (Å²) >= 11 is 6.31. The maximum atomic E-state index is 15.5. The van der Waals surface area contributed by atoms with Crippen LogP contribution >= 0.6 is 11.6 Å². The van der Waals surface area contributed by atoms with Crippen molar-refractivity contribution < 1.29 is 18.4 Å². The van der Waals surface area contributed by atoms with E-state index in [1.807, 2.05) is 18.7 Å². The van der Waals surface area contributed by atoms with Crippen LogP contribution in [0.2, 0.25) is 5.15 Å². The molecule has 0 N–H and O–H groups in total. The summed E-state index contributed by atoms with van der Waals surface area (Å²) in [6, 6.07) is 5.10. The third kappa shape index (κ3) is 4.43. The Hall–Kier alpha value is -3.11. The van der Waals surface area contributed by atoms with E-state index < -0.39 is 22.2 Å². The Morgan fingerprint density at radius 3 is 2.44 bits per heavy atom.